The molecule has 37 heteroatoms. The van der Waals surface area contributed by atoms with Gasteiger partial charge in [-0.2, -0.15) is 0 Å². The summed E-state index contributed by atoms with van der Waals surface area (Å²) < 4.78 is 144. The van der Waals surface area contributed by atoms with Crippen LogP contribution in [0.2, 0.25) is 0 Å². The number of nitrogens with two attached hydrogens (primary N) is 1. The molecule has 0 spiro atoms. The fourth-order valence-electron chi connectivity index (χ4n) is 13.8. The van der Waals surface area contributed by atoms with E-state index in [0.29, 0.717) is 91.6 Å². The monoisotopic (exact) mass is 1780 g/mol. The Morgan fingerprint density at radius 3 is 1.13 bits per heavy atom. The number of amides is 2. The van der Waals surface area contributed by atoms with Crippen LogP contribution in [0, 0.1) is 20.8 Å². The summed E-state index contributed by atoms with van der Waals surface area (Å²) in [5, 5.41) is 55.5. The SMILES string of the molecule is CCS(=O)(=O)c1ccc(C(CO)(CO)NC(=O)c2ccc3c(c2)nc(C)n3Cc2cccc3c2OC(F)(F)O3)cc1.CCSc1ccc(C(CO)(CO)NC(=O)c2ccc3c(c2)nc(C)n3Cc2cccc3c2OC(F)(F)O3)cc1.CCSc1ccc(C2(N)COC2)cc1.Cc1nc2cc(C(=O)O)ccc2n1Cc1cccc2c1OC(F)(F)O2.ClCCl. The molecule has 122 heavy (non-hydrogen) atoms. The van der Waals surface area contributed by atoms with Crippen molar-refractivity contribution in [1.29, 1.82) is 0 Å². The molecule has 0 bridgehead atoms. The number of aryl methyl sites for hydroxylation is 3. The third-order valence-electron chi connectivity index (χ3n) is 20.2. The second-order valence-corrected chi connectivity index (χ2v) is 33.9. The van der Waals surface area contributed by atoms with E-state index in [0.717, 1.165) is 16.4 Å². The average Bonchev–Trinajstić information content (AvgIpc) is 1.19. The van der Waals surface area contributed by atoms with E-state index in [-0.39, 0.29) is 92.3 Å². The van der Waals surface area contributed by atoms with Crippen molar-refractivity contribution in [2.45, 2.75) is 111 Å². The van der Waals surface area contributed by atoms with E-state index in [2.05, 4.69) is 75.7 Å². The highest BCUT2D eigenvalue weighted by Gasteiger charge is 2.47. The van der Waals surface area contributed by atoms with Crippen molar-refractivity contribution in [3.05, 3.63) is 250 Å². The number of para-hydroxylation sites is 3. The van der Waals surface area contributed by atoms with Gasteiger partial charge in [-0.1, -0.05) is 93.6 Å². The number of alkyl halides is 8. The van der Waals surface area contributed by atoms with Crippen LogP contribution in [0.15, 0.2) is 197 Å². The van der Waals surface area contributed by atoms with Gasteiger partial charge in [0.2, 0.25) is 0 Å². The van der Waals surface area contributed by atoms with Gasteiger partial charge in [0.25, 0.3) is 11.8 Å². The molecule has 1 fully saturated rings. The molecule has 12 aromatic rings. The number of thioether (sulfide) groups is 2. The number of ether oxygens (including phenoxy) is 7. The van der Waals surface area contributed by atoms with E-state index in [9.17, 15) is 69.6 Å². The number of imidazole rings is 3. The Morgan fingerprint density at radius 1 is 0.492 bits per heavy atom. The van der Waals surface area contributed by atoms with Crippen molar-refractivity contribution < 1.29 is 108 Å². The first kappa shape index (κ1) is 90.4. The van der Waals surface area contributed by atoms with Gasteiger partial charge in [0, 0.05) is 37.6 Å². The molecule has 7 heterocycles. The van der Waals surface area contributed by atoms with Crippen LogP contribution in [0.5, 0.6) is 34.5 Å². The highest BCUT2D eigenvalue weighted by Crippen LogP contribution is 2.47. The highest BCUT2D eigenvalue weighted by atomic mass is 35.5. The molecule has 4 aliphatic rings. The van der Waals surface area contributed by atoms with Crippen LogP contribution in [-0.4, -0.2) is 162 Å². The molecule has 26 nitrogen and oxygen atoms in total. The quantitative estimate of drug-likeness (QED) is 0.0158. The van der Waals surface area contributed by atoms with Crippen molar-refractivity contribution in [2.75, 3.05) is 62.2 Å². The molecule has 0 unspecified atom stereocenters. The van der Waals surface area contributed by atoms with E-state index >= 15 is 0 Å². The number of carboxylic acid groups (broad SMARTS) is 1. The first-order chi connectivity index (χ1) is 58.1. The lowest BCUT2D eigenvalue weighted by atomic mass is 9.89. The van der Waals surface area contributed by atoms with Gasteiger partial charge in [0.15, 0.2) is 44.3 Å². The summed E-state index contributed by atoms with van der Waals surface area (Å²) >= 11 is 13.0. The Kier molecular flexibility index (Phi) is 27.8. The Hall–Kier alpha value is -10.8. The van der Waals surface area contributed by atoms with Crippen molar-refractivity contribution in [2.24, 2.45) is 5.73 Å². The van der Waals surface area contributed by atoms with E-state index < -0.39 is 84.0 Å². The first-order valence-electron chi connectivity index (χ1n) is 37.7. The minimum atomic E-state index is -3.75. The normalized spacial score (nSPS) is 14.7. The maximum absolute atomic E-state index is 13.6. The molecular formula is C85H83Cl2F6N9O17S3. The number of hydrogen-bond acceptors (Lipinski definition) is 22. The number of sulfone groups is 1. The van der Waals surface area contributed by atoms with Crippen LogP contribution in [0.3, 0.4) is 0 Å². The summed E-state index contributed by atoms with van der Waals surface area (Å²) in [4.78, 5) is 53.5. The summed E-state index contributed by atoms with van der Waals surface area (Å²) in [6.07, 6.45) is -11.1. The number of aromatic carboxylic acids is 1. The van der Waals surface area contributed by atoms with Crippen LogP contribution >= 0.6 is 46.7 Å². The smallest absolute Gasteiger partial charge is 0.478 e. The number of carbonyl (C=O) groups excluding carboxylic acids is 2. The number of halogens is 8. The molecule has 2 amide bonds. The molecule has 0 atom stereocenters. The topological polar surface area (TPSA) is 355 Å². The van der Waals surface area contributed by atoms with Gasteiger partial charge in [0.1, 0.15) is 28.6 Å². The molecule has 9 N–H and O–H groups in total. The highest BCUT2D eigenvalue weighted by molar-refractivity contribution is 7.99. The lowest BCUT2D eigenvalue weighted by molar-refractivity contribution is -0.287. The molecule has 4 aliphatic heterocycles. The molecule has 0 radical (unpaired) electrons. The average molecular weight is 1780 g/mol. The molecule has 16 rings (SSSR count). The molecule has 644 valence electrons. The Labute approximate surface area is 713 Å². The number of benzene rings is 9. The molecular weight excluding hydrogens is 1700 g/mol. The molecule has 0 saturated carbocycles. The third kappa shape index (κ3) is 19.9. The van der Waals surface area contributed by atoms with E-state index in [1.165, 1.54) is 84.1 Å². The molecule has 0 aliphatic carbocycles. The number of carboxylic acids is 1. The van der Waals surface area contributed by atoms with Crippen molar-refractivity contribution in [3.63, 3.8) is 0 Å². The fraction of sp³-hybridized carbons (Fsp3) is 0.294. The van der Waals surface area contributed by atoms with Crippen LogP contribution in [-0.2, 0) is 50.8 Å². The predicted molar refractivity (Wildman–Crippen MR) is 445 cm³/mol. The van der Waals surface area contributed by atoms with E-state index in [1.807, 2.05) is 35.4 Å². The maximum Gasteiger partial charge on any atom is 0.586 e. The lowest BCUT2D eigenvalue weighted by Crippen LogP contribution is -2.54. The second-order valence-electron chi connectivity index (χ2n) is 28.2. The number of hydrogen-bond donors (Lipinski definition) is 8. The van der Waals surface area contributed by atoms with Gasteiger partial charge in [-0.25, -0.2) is 28.2 Å². The number of aliphatic hydroxyl groups is 4. The predicted octanol–water partition coefficient (Wildman–Crippen LogP) is 14.4. The zero-order chi connectivity index (χ0) is 87.9. The third-order valence-corrected chi connectivity index (χ3v) is 23.8. The second kappa shape index (κ2) is 37.5. The molecule has 1 saturated heterocycles. The van der Waals surface area contributed by atoms with Gasteiger partial charge >= 0.3 is 24.9 Å². The standard InChI is InChI=1S/C28H27F2N3O7S.C28H27F2N3O5S.C17H12F2N2O4.C11H15NOS.CH2Cl2/c1-3-41(37,38)21-10-8-20(9-11-21)27(15-34,16-35)32-26(36)18-7-12-23-22(13-18)31-17(2)33(23)14-19-5-4-6-24-25(19)40-28(29,30)39-24;1-3-39-21-10-8-20(9-11-21)27(15-34,16-35)32-26(36)18-7-12-23-22(13-18)31-17(2)33(23)14-19-5-4-6-24-25(19)38-28(29,30)37-24;1-9-20-12-7-10(16(22)23)5-6-13(12)21(9)8-11-3-2-4-14-15(11)25-17(18,19)24-14;1-2-14-10-5-3-9(4-6-10)11(12)7-13-8-11;2-1-3/h4-13,34-35H,3,14-16H2,1-2H3,(H,32,36);4-13,34-35H,3,14-16H2,1-2H3,(H,32,36);2-7H,8H2,1H3,(H,22,23);3-6H,2,7-8,12H2,1H3;1H2. The summed E-state index contributed by atoms with van der Waals surface area (Å²) in [5.74, 6) is 1.38. The number of nitrogens with zero attached hydrogens (tertiary/aromatic N) is 6. The van der Waals surface area contributed by atoms with E-state index in [1.54, 1.807) is 121 Å². The number of carbonyl (C=O) groups is 3. The summed E-state index contributed by atoms with van der Waals surface area (Å²) in [5.41, 5.74) is 10.6. The number of aliphatic hydroxyl groups excluding tert-OH is 4. The van der Waals surface area contributed by atoms with Gasteiger partial charge < -0.3 is 88.8 Å². The van der Waals surface area contributed by atoms with Crippen LogP contribution in [0.4, 0.5) is 26.3 Å². The Morgan fingerprint density at radius 2 is 0.820 bits per heavy atom. The molecule has 9 aromatic carbocycles. The fourth-order valence-corrected chi connectivity index (χ4v) is 16.0. The zero-order valence-corrected chi connectivity index (χ0v) is 70.1. The Bertz CT molecular complexity index is 5940. The summed E-state index contributed by atoms with van der Waals surface area (Å²) in [6, 6.07) is 49.7. The van der Waals surface area contributed by atoms with Crippen LogP contribution < -0.4 is 44.8 Å². The van der Waals surface area contributed by atoms with Gasteiger partial charge in [-0.15, -0.1) is 73.1 Å². The minimum absolute atomic E-state index is 0.00379. The summed E-state index contributed by atoms with van der Waals surface area (Å²) in [7, 11) is -3.46. The summed E-state index contributed by atoms with van der Waals surface area (Å²) in [6.45, 7) is 10.6. The van der Waals surface area contributed by atoms with Gasteiger partial charge in [-0.05, 0) is 158 Å². The number of aromatic nitrogens is 6. The van der Waals surface area contributed by atoms with E-state index in [4.69, 9.17) is 48.3 Å². The maximum atomic E-state index is 13.6. The van der Waals surface area contributed by atoms with Crippen LogP contribution in [0.1, 0.15) is 103 Å². The largest absolute Gasteiger partial charge is 0.586 e. The zero-order valence-electron chi connectivity index (χ0n) is 66.2. The number of rotatable bonds is 24. The first-order valence-corrected chi connectivity index (χ1v) is 42.4. The molecule has 3 aromatic heterocycles. The lowest BCUT2D eigenvalue weighted by Gasteiger charge is -2.38. The van der Waals surface area contributed by atoms with Crippen LogP contribution in [0.25, 0.3) is 33.1 Å². The van der Waals surface area contributed by atoms with Crippen molar-refractivity contribution >= 4 is 107 Å². The Balaban J connectivity index is 0.000000155. The number of fused-ring (bicyclic) bond motifs is 6. The van der Waals surface area contributed by atoms with Gasteiger partial charge in [-0.3, -0.25) is 9.59 Å². The van der Waals surface area contributed by atoms with Gasteiger partial charge in [0.05, 0.1) is 119 Å². The minimum Gasteiger partial charge on any atom is -0.478 e. The van der Waals surface area contributed by atoms with Crippen molar-refractivity contribution in [3.8, 4) is 34.5 Å². The van der Waals surface area contributed by atoms with Crippen molar-refractivity contribution in [1.82, 2.24) is 39.3 Å². The number of nitrogens with one attached hydrogen (secondary N) is 2.